The van der Waals surface area contributed by atoms with Crippen LogP contribution in [0.5, 0.6) is 0 Å². The smallest absolute Gasteiger partial charge is 0.356 e. The summed E-state index contributed by atoms with van der Waals surface area (Å²) in [6, 6.07) is 7.33. The van der Waals surface area contributed by atoms with E-state index in [2.05, 4.69) is 10.2 Å². The van der Waals surface area contributed by atoms with Crippen LogP contribution < -0.4 is 4.90 Å². The highest BCUT2D eigenvalue weighted by atomic mass is 19.4. The van der Waals surface area contributed by atoms with Gasteiger partial charge in [-0.3, -0.25) is 4.90 Å². The highest BCUT2D eigenvalue weighted by molar-refractivity contribution is 5.59. The second-order valence-electron chi connectivity index (χ2n) is 10.9. The Morgan fingerprint density at radius 1 is 1.05 bits per heavy atom. The van der Waals surface area contributed by atoms with Crippen molar-refractivity contribution in [1.29, 1.82) is 0 Å². The molecule has 1 N–H and O–H groups in total. The summed E-state index contributed by atoms with van der Waals surface area (Å²) in [5, 5.41) is 19.5. The van der Waals surface area contributed by atoms with Gasteiger partial charge in [-0.05, 0) is 48.1 Å². The lowest BCUT2D eigenvalue weighted by molar-refractivity contribution is -0.207. The lowest BCUT2D eigenvalue weighted by Crippen LogP contribution is -2.53. The maximum absolute atomic E-state index is 14.1. The average Bonchev–Trinajstić information content (AvgIpc) is 3.39. The van der Waals surface area contributed by atoms with Gasteiger partial charge in [0.2, 0.25) is 6.35 Å². The Labute approximate surface area is 226 Å². The normalized spacial score (nSPS) is 23.3. The first-order chi connectivity index (χ1) is 18.9. The molecule has 1 saturated heterocycles. The van der Waals surface area contributed by atoms with Gasteiger partial charge in [-0.2, -0.15) is 26.3 Å². The number of aryl methyl sites for hydroxylation is 1. The minimum Gasteiger partial charge on any atom is -0.356 e. The van der Waals surface area contributed by atoms with E-state index in [9.17, 15) is 31.4 Å². The van der Waals surface area contributed by atoms with Gasteiger partial charge in [0.1, 0.15) is 12.2 Å². The highest BCUT2D eigenvalue weighted by Gasteiger charge is 2.48. The number of halogens is 6. The number of aliphatic hydroxyl groups is 1. The van der Waals surface area contributed by atoms with Gasteiger partial charge in [0.05, 0.1) is 17.2 Å². The highest BCUT2D eigenvalue weighted by Crippen LogP contribution is 2.45. The van der Waals surface area contributed by atoms with E-state index >= 15 is 0 Å². The number of anilines is 1. The lowest BCUT2D eigenvalue weighted by Gasteiger charge is -2.41. The Balaban J connectivity index is 1.28. The van der Waals surface area contributed by atoms with E-state index in [4.69, 9.17) is 0 Å². The van der Waals surface area contributed by atoms with Crippen molar-refractivity contribution < 1.29 is 31.4 Å². The molecular formula is C27H28F6N6O. The molecule has 2 aromatic rings. The van der Waals surface area contributed by atoms with Gasteiger partial charge in [-0.15, -0.1) is 10.2 Å². The Hall–Kier alpha value is -3.32. The molecule has 2 atom stereocenters. The molecule has 6 rings (SSSR count). The van der Waals surface area contributed by atoms with Crippen molar-refractivity contribution in [2.45, 2.75) is 43.9 Å². The summed E-state index contributed by atoms with van der Waals surface area (Å²) < 4.78 is 82.9. The predicted molar refractivity (Wildman–Crippen MR) is 133 cm³/mol. The molecule has 7 nitrogen and oxygen atoms in total. The Kier molecular flexibility index (Phi) is 6.49. The zero-order valence-corrected chi connectivity index (χ0v) is 21.6. The van der Waals surface area contributed by atoms with Gasteiger partial charge >= 0.3 is 12.4 Å². The molecule has 2 fully saturated rings. The molecular weight excluding hydrogens is 538 g/mol. The van der Waals surface area contributed by atoms with E-state index in [1.807, 2.05) is 23.7 Å². The molecule has 3 aliphatic heterocycles. The fraction of sp³-hybridized carbons (Fsp3) is 0.481. The summed E-state index contributed by atoms with van der Waals surface area (Å²) in [5.74, 6) is -0.378. The van der Waals surface area contributed by atoms with Crippen LogP contribution in [-0.4, -0.2) is 68.0 Å². The molecule has 13 heteroatoms. The largest absolute Gasteiger partial charge is 0.418 e. The third-order valence-electron chi connectivity index (χ3n) is 8.25. The summed E-state index contributed by atoms with van der Waals surface area (Å²) in [5.41, 5.74) is 0.420. The first kappa shape index (κ1) is 26.9. The number of likely N-dealkylation sites (tertiary alicyclic amines) is 1. The Bertz CT molecular complexity index is 1370. The molecule has 0 spiro atoms. The van der Waals surface area contributed by atoms with Crippen LogP contribution in [0.15, 0.2) is 65.9 Å². The van der Waals surface area contributed by atoms with Crippen molar-refractivity contribution in [3.8, 4) is 0 Å². The molecule has 1 aliphatic carbocycles. The molecule has 4 aliphatic rings. The van der Waals surface area contributed by atoms with E-state index in [-0.39, 0.29) is 36.8 Å². The number of hydrogen-bond donors (Lipinski definition) is 1. The van der Waals surface area contributed by atoms with Crippen LogP contribution in [0.4, 0.5) is 32.0 Å². The summed E-state index contributed by atoms with van der Waals surface area (Å²) in [7, 11) is 1.87. The second-order valence-corrected chi connectivity index (χ2v) is 10.9. The number of benzene rings is 1. The third kappa shape index (κ3) is 4.78. The van der Waals surface area contributed by atoms with Crippen molar-refractivity contribution in [2.24, 2.45) is 18.9 Å². The van der Waals surface area contributed by atoms with E-state index in [1.165, 1.54) is 22.2 Å². The first-order valence-corrected chi connectivity index (χ1v) is 13.1. The minimum absolute atomic E-state index is 0.0506. The number of fused-ring (bicyclic) bond motifs is 1. The molecule has 0 amide bonds. The Morgan fingerprint density at radius 2 is 1.80 bits per heavy atom. The van der Waals surface area contributed by atoms with Crippen LogP contribution in [0, 0.1) is 11.8 Å². The number of alkyl halides is 6. The van der Waals surface area contributed by atoms with Crippen LogP contribution in [-0.2, 0) is 7.05 Å². The number of rotatable bonds is 6. The van der Waals surface area contributed by atoms with E-state index in [0.717, 1.165) is 41.6 Å². The molecule has 1 aromatic carbocycles. The SMILES string of the molecule is Cn1cnnc1[C@@H](c1cccc(N2C=C3C(C(F)(F)F)=CC(CN4CC(C(F)(F)F)C4)=CN3C2O)c1)C1CCC1. The fourth-order valence-electron chi connectivity index (χ4n) is 5.89. The monoisotopic (exact) mass is 566 g/mol. The minimum atomic E-state index is -4.73. The van der Waals surface area contributed by atoms with Crippen molar-refractivity contribution in [3.63, 3.8) is 0 Å². The third-order valence-corrected chi connectivity index (χ3v) is 8.25. The van der Waals surface area contributed by atoms with Gasteiger partial charge in [0.25, 0.3) is 0 Å². The van der Waals surface area contributed by atoms with Crippen LogP contribution in [0.1, 0.15) is 36.6 Å². The average molecular weight is 567 g/mol. The van der Waals surface area contributed by atoms with Crippen LogP contribution in [0.2, 0.25) is 0 Å². The van der Waals surface area contributed by atoms with Gasteiger partial charge < -0.3 is 19.5 Å². The molecule has 1 unspecified atom stereocenters. The standard InChI is InChI=1S/C27H28F6N6O/c1-36-15-34-35-24(36)23(17-4-2-5-17)18-6-3-7-20(9-18)38-14-22-21(27(31,32)33)8-16(11-39(22)25(38)40)10-37-12-19(13-37)26(28,29)30/h3,6-9,11,14-15,17,19,23,25,40H,2,4-5,10,12-13H2,1H3/t23-,25?/m1/s1. The first-order valence-electron chi connectivity index (χ1n) is 13.1. The molecule has 0 radical (unpaired) electrons. The number of allylic oxidation sites excluding steroid dienone is 1. The van der Waals surface area contributed by atoms with Gasteiger partial charge in [0, 0.05) is 50.7 Å². The van der Waals surface area contributed by atoms with Gasteiger partial charge in [-0.1, -0.05) is 18.6 Å². The predicted octanol–water partition coefficient (Wildman–Crippen LogP) is 4.87. The zero-order valence-electron chi connectivity index (χ0n) is 21.6. The lowest BCUT2D eigenvalue weighted by atomic mass is 9.72. The quantitative estimate of drug-likeness (QED) is 0.504. The van der Waals surface area contributed by atoms with Crippen molar-refractivity contribution in [3.05, 3.63) is 77.3 Å². The summed E-state index contributed by atoms with van der Waals surface area (Å²) in [6.45, 7) is -0.624. The molecule has 214 valence electrons. The van der Waals surface area contributed by atoms with Gasteiger partial charge in [0.15, 0.2) is 0 Å². The van der Waals surface area contributed by atoms with E-state index in [0.29, 0.717) is 11.6 Å². The number of hydrogen-bond acceptors (Lipinski definition) is 6. The van der Waals surface area contributed by atoms with Crippen molar-refractivity contribution in [1.82, 2.24) is 24.6 Å². The van der Waals surface area contributed by atoms with Crippen molar-refractivity contribution in [2.75, 3.05) is 24.5 Å². The van der Waals surface area contributed by atoms with E-state index < -0.39 is 30.2 Å². The number of nitrogens with zero attached hydrogens (tertiary/aromatic N) is 6. The fourth-order valence-corrected chi connectivity index (χ4v) is 5.89. The van der Waals surface area contributed by atoms with Crippen LogP contribution in [0.3, 0.4) is 0 Å². The second kappa shape index (κ2) is 9.65. The Morgan fingerprint density at radius 3 is 2.40 bits per heavy atom. The van der Waals surface area contributed by atoms with Crippen LogP contribution in [0.25, 0.3) is 0 Å². The summed E-state index contributed by atoms with van der Waals surface area (Å²) in [4.78, 5) is 3.94. The zero-order chi connectivity index (χ0) is 28.4. The molecule has 0 bridgehead atoms. The maximum Gasteiger partial charge on any atom is 0.418 e. The molecule has 40 heavy (non-hydrogen) atoms. The number of aromatic nitrogens is 3. The van der Waals surface area contributed by atoms with E-state index in [1.54, 1.807) is 18.5 Å². The summed E-state index contributed by atoms with van der Waals surface area (Å²) >= 11 is 0. The maximum atomic E-state index is 14.1. The number of aliphatic hydroxyl groups excluding tert-OH is 1. The topological polar surface area (TPSA) is 60.7 Å². The van der Waals surface area contributed by atoms with Gasteiger partial charge in [-0.25, -0.2) is 0 Å². The van der Waals surface area contributed by atoms with Crippen molar-refractivity contribution >= 4 is 5.69 Å². The van der Waals surface area contributed by atoms with Crippen LogP contribution >= 0.6 is 0 Å². The summed E-state index contributed by atoms with van der Waals surface area (Å²) in [6.07, 6.45) is -2.13. The molecule has 1 aromatic heterocycles. The molecule has 4 heterocycles. The molecule has 1 saturated carbocycles.